The third kappa shape index (κ3) is 1.47. The van der Waals surface area contributed by atoms with Crippen LogP contribution in [-0.4, -0.2) is 51.6 Å². The summed E-state index contributed by atoms with van der Waals surface area (Å²) in [5.41, 5.74) is -1.20. The van der Waals surface area contributed by atoms with Gasteiger partial charge in [-0.15, -0.1) is 0 Å². The molecule has 4 aliphatic heterocycles. The van der Waals surface area contributed by atoms with Crippen molar-refractivity contribution in [2.75, 3.05) is 13.1 Å². The number of piperidine rings is 4. The first-order valence-electron chi connectivity index (χ1n) is 7.97. The van der Waals surface area contributed by atoms with Gasteiger partial charge in [-0.1, -0.05) is 0 Å². The topological polar surface area (TPSA) is 60.9 Å². The Hall–Kier alpha value is -1.10. The first-order chi connectivity index (χ1) is 9.63. The Morgan fingerprint density at radius 2 is 1.85 bits per heavy atom. The Bertz CT molecular complexity index is 464. The third-order valence-electron chi connectivity index (χ3n) is 5.87. The van der Waals surface area contributed by atoms with Gasteiger partial charge in [-0.05, 0) is 44.9 Å². The van der Waals surface area contributed by atoms with E-state index >= 15 is 0 Å². The van der Waals surface area contributed by atoms with Gasteiger partial charge in [0.25, 0.3) is 0 Å². The van der Waals surface area contributed by atoms with Crippen molar-refractivity contribution in [3.8, 4) is 0 Å². The quantitative estimate of drug-likeness (QED) is 0.710. The molecule has 20 heavy (non-hydrogen) atoms. The normalized spacial score (nSPS) is 44.1. The van der Waals surface area contributed by atoms with Crippen LogP contribution in [0.25, 0.3) is 0 Å². The lowest BCUT2D eigenvalue weighted by Crippen LogP contribution is -2.73. The predicted octanol–water partition coefficient (Wildman–Crippen LogP) is 0.718. The van der Waals surface area contributed by atoms with Crippen LogP contribution >= 0.6 is 0 Å². The van der Waals surface area contributed by atoms with Gasteiger partial charge in [0.1, 0.15) is 0 Å². The molecule has 2 bridgehead atoms. The summed E-state index contributed by atoms with van der Waals surface area (Å²) in [6.45, 7) is 1.38. The van der Waals surface area contributed by atoms with Gasteiger partial charge in [-0.25, -0.2) is 0 Å². The van der Waals surface area contributed by atoms with Crippen molar-refractivity contribution in [3.05, 3.63) is 0 Å². The molecule has 0 aromatic heterocycles. The summed E-state index contributed by atoms with van der Waals surface area (Å²) < 4.78 is 0. The zero-order chi connectivity index (χ0) is 13.9. The van der Waals surface area contributed by atoms with Crippen molar-refractivity contribution in [3.63, 3.8) is 0 Å². The van der Waals surface area contributed by atoms with E-state index in [-0.39, 0.29) is 29.7 Å². The number of amides is 2. The minimum Gasteiger partial charge on any atom is -0.370 e. The first-order valence-corrected chi connectivity index (χ1v) is 7.97. The average molecular weight is 278 g/mol. The number of hydrogen-bond donors (Lipinski definition) is 1. The van der Waals surface area contributed by atoms with E-state index < -0.39 is 5.72 Å². The molecule has 0 spiro atoms. The summed E-state index contributed by atoms with van der Waals surface area (Å²) in [4.78, 5) is 29.1. The van der Waals surface area contributed by atoms with E-state index in [0.717, 1.165) is 38.6 Å². The fourth-order valence-electron chi connectivity index (χ4n) is 4.86. The lowest BCUT2D eigenvalue weighted by Gasteiger charge is -2.59. The summed E-state index contributed by atoms with van der Waals surface area (Å²) >= 11 is 0. The van der Waals surface area contributed by atoms with E-state index in [1.807, 2.05) is 4.90 Å². The average Bonchev–Trinajstić information content (AvgIpc) is 2.47. The second-order valence-corrected chi connectivity index (χ2v) is 6.82. The van der Waals surface area contributed by atoms with Gasteiger partial charge in [-0.3, -0.25) is 9.59 Å². The number of aliphatic hydroxyl groups is 1. The largest absolute Gasteiger partial charge is 0.370 e. The highest BCUT2D eigenvalue weighted by Crippen LogP contribution is 2.48. The Labute approximate surface area is 118 Å². The van der Waals surface area contributed by atoms with E-state index in [1.165, 1.54) is 0 Å². The van der Waals surface area contributed by atoms with Crippen molar-refractivity contribution in [2.24, 2.45) is 11.8 Å². The van der Waals surface area contributed by atoms with Crippen molar-refractivity contribution < 1.29 is 14.7 Å². The highest BCUT2D eigenvalue weighted by Gasteiger charge is 2.61. The van der Waals surface area contributed by atoms with Gasteiger partial charge in [0, 0.05) is 19.1 Å². The Morgan fingerprint density at radius 3 is 2.70 bits per heavy atom. The molecule has 4 atom stereocenters. The van der Waals surface area contributed by atoms with Crippen molar-refractivity contribution >= 4 is 11.8 Å². The maximum atomic E-state index is 12.8. The number of fused-ring (bicyclic) bond motifs is 6. The smallest absolute Gasteiger partial charge is 0.230 e. The van der Waals surface area contributed by atoms with Gasteiger partial charge < -0.3 is 14.9 Å². The summed E-state index contributed by atoms with van der Waals surface area (Å²) in [6.07, 6.45) is 6.03. The van der Waals surface area contributed by atoms with Gasteiger partial charge in [0.05, 0.1) is 11.8 Å². The Morgan fingerprint density at radius 1 is 1.05 bits per heavy atom. The molecule has 0 unspecified atom stereocenters. The minimum absolute atomic E-state index is 0.0728. The van der Waals surface area contributed by atoms with Crippen molar-refractivity contribution in [1.82, 2.24) is 9.80 Å². The molecule has 2 amide bonds. The number of carbonyl (C=O) groups excluding carboxylic acids is 2. The molecule has 5 heteroatoms. The molecule has 0 radical (unpaired) electrons. The van der Waals surface area contributed by atoms with E-state index in [0.29, 0.717) is 19.4 Å². The third-order valence-corrected chi connectivity index (χ3v) is 5.87. The summed E-state index contributed by atoms with van der Waals surface area (Å²) in [6, 6.07) is 0.0893. The second-order valence-electron chi connectivity index (χ2n) is 6.82. The van der Waals surface area contributed by atoms with Crippen LogP contribution in [0.4, 0.5) is 0 Å². The molecular formula is C15H22N2O3. The van der Waals surface area contributed by atoms with E-state index in [9.17, 15) is 14.7 Å². The lowest BCUT2D eigenvalue weighted by atomic mass is 9.68. The Balaban J connectivity index is 1.75. The molecule has 4 heterocycles. The number of hydrogen-bond acceptors (Lipinski definition) is 3. The summed E-state index contributed by atoms with van der Waals surface area (Å²) in [5.74, 6) is -0.281. The minimum atomic E-state index is -1.20. The summed E-state index contributed by atoms with van der Waals surface area (Å²) in [7, 11) is 0. The molecule has 4 fully saturated rings. The first kappa shape index (κ1) is 12.6. The van der Waals surface area contributed by atoms with E-state index in [4.69, 9.17) is 0 Å². The number of carbonyl (C=O) groups is 2. The molecule has 0 saturated carbocycles. The van der Waals surface area contributed by atoms with Gasteiger partial charge in [0.15, 0.2) is 5.72 Å². The Kier molecular flexibility index (Phi) is 2.65. The summed E-state index contributed by atoms with van der Waals surface area (Å²) in [5, 5.41) is 11.0. The van der Waals surface area contributed by atoms with Crippen LogP contribution in [0.1, 0.15) is 44.9 Å². The number of nitrogens with zero attached hydrogens (tertiary/aromatic N) is 2. The van der Waals surface area contributed by atoms with Crippen LogP contribution in [0.15, 0.2) is 0 Å². The maximum Gasteiger partial charge on any atom is 0.230 e. The van der Waals surface area contributed by atoms with Gasteiger partial charge in [0.2, 0.25) is 11.8 Å². The molecule has 4 rings (SSSR count). The van der Waals surface area contributed by atoms with Crippen LogP contribution in [0.3, 0.4) is 0 Å². The van der Waals surface area contributed by atoms with Gasteiger partial charge >= 0.3 is 0 Å². The van der Waals surface area contributed by atoms with Crippen LogP contribution < -0.4 is 0 Å². The molecule has 4 saturated heterocycles. The molecule has 4 aliphatic rings. The predicted molar refractivity (Wildman–Crippen MR) is 71.5 cm³/mol. The van der Waals surface area contributed by atoms with Crippen LogP contribution in [-0.2, 0) is 9.59 Å². The highest BCUT2D eigenvalue weighted by atomic mass is 16.3. The fraction of sp³-hybridized carbons (Fsp3) is 0.867. The molecule has 0 aliphatic carbocycles. The van der Waals surface area contributed by atoms with Crippen LogP contribution in [0.2, 0.25) is 0 Å². The molecule has 5 nitrogen and oxygen atoms in total. The highest BCUT2D eigenvalue weighted by molar-refractivity contribution is 5.90. The second kappa shape index (κ2) is 4.20. The SMILES string of the molecule is O=C1[C@H]2C[C@H](C(=O)N3CCCC[C@]23O)[C@H]2CCCCN12. The molecule has 110 valence electrons. The standard InChI is InChI=1S/C15H22N2O3/c18-13-10-9-11(15(20)6-2-4-8-17(13)15)14(19)16-7-3-1-5-12(10)16/h10-12,20H,1-9H2/t10-,11+,12+,15-/m0/s1. The molecular weight excluding hydrogens is 256 g/mol. The molecule has 0 aromatic carbocycles. The molecule has 1 N–H and O–H groups in total. The lowest BCUT2D eigenvalue weighted by molar-refractivity contribution is -0.224. The zero-order valence-corrected chi connectivity index (χ0v) is 11.8. The zero-order valence-electron chi connectivity index (χ0n) is 11.8. The van der Waals surface area contributed by atoms with Gasteiger partial charge in [-0.2, -0.15) is 0 Å². The van der Waals surface area contributed by atoms with Crippen LogP contribution in [0, 0.1) is 11.8 Å². The fourth-order valence-corrected chi connectivity index (χ4v) is 4.86. The van der Waals surface area contributed by atoms with Crippen molar-refractivity contribution in [1.29, 1.82) is 0 Å². The van der Waals surface area contributed by atoms with E-state index in [2.05, 4.69) is 0 Å². The van der Waals surface area contributed by atoms with Crippen molar-refractivity contribution in [2.45, 2.75) is 56.7 Å². The molecule has 0 aromatic rings. The monoisotopic (exact) mass is 278 g/mol. The van der Waals surface area contributed by atoms with Crippen LogP contribution in [0.5, 0.6) is 0 Å². The van der Waals surface area contributed by atoms with E-state index in [1.54, 1.807) is 4.90 Å². The number of rotatable bonds is 0. The maximum absolute atomic E-state index is 12.8.